The van der Waals surface area contributed by atoms with E-state index in [0.29, 0.717) is 0 Å². The Morgan fingerprint density at radius 3 is 2.62 bits per heavy atom. The summed E-state index contributed by atoms with van der Waals surface area (Å²) >= 11 is 5.71. The van der Waals surface area contributed by atoms with Gasteiger partial charge in [0.25, 0.3) is 5.15 Å². The molecule has 0 N–H and O–H groups in total. The van der Waals surface area contributed by atoms with Gasteiger partial charge in [0.2, 0.25) is 0 Å². The normalized spacial score (nSPS) is 9.62. The monoisotopic (exact) mass is 144 g/mol. The molecule has 1 aromatic heterocycles. The zero-order valence-corrected chi connectivity index (χ0v) is 7.39. The molecule has 0 aromatic carbocycles. The summed E-state index contributed by atoms with van der Waals surface area (Å²) in [5.74, 6) is 0. The summed E-state index contributed by atoms with van der Waals surface area (Å²) in [4.78, 5) is 0. The molecule has 0 aliphatic rings. The molecule has 0 radical (unpaired) electrons. The SMILES string of the molecule is [SiH3][n+]1ccccc1Cl. The van der Waals surface area contributed by atoms with Crippen LogP contribution in [-0.2, 0) is 0 Å². The molecule has 0 bridgehead atoms. The fourth-order valence-corrected chi connectivity index (χ4v) is 0.953. The molecule has 0 spiro atoms. The van der Waals surface area contributed by atoms with Gasteiger partial charge in [-0.15, -0.1) is 0 Å². The Kier molecular flexibility index (Phi) is 1.65. The van der Waals surface area contributed by atoms with E-state index in [-0.39, 0.29) is 0 Å². The van der Waals surface area contributed by atoms with E-state index in [2.05, 4.69) is 0 Å². The molecule has 1 heterocycles. The first kappa shape index (κ1) is 5.79. The van der Waals surface area contributed by atoms with Crippen LogP contribution in [0.15, 0.2) is 24.4 Å². The second-order valence-corrected chi connectivity index (χ2v) is 2.99. The van der Waals surface area contributed by atoms with Crippen molar-refractivity contribution in [2.24, 2.45) is 0 Å². The van der Waals surface area contributed by atoms with Gasteiger partial charge in [-0.05, 0) is 17.7 Å². The van der Waals surface area contributed by atoms with Gasteiger partial charge in [-0.1, -0.05) is 0 Å². The van der Waals surface area contributed by atoms with Crippen LogP contribution in [0, 0.1) is 0 Å². The maximum absolute atomic E-state index is 5.71. The van der Waals surface area contributed by atoms with Crippen LogP contribution in [0.5, 0.6) is 0 Å². The zero-order chi connectivity index (χ0) is 5.98. The van der Waals surface area contributed by atoms with Crippen LogP contribution in [0.2, 0.25) is 5.15 Å². The summed E-state index contributed by atoms with van der Waals surface area (Å²) in [6.07, 6.45) is 1.97. The molecule has 0 aliphatic carbocycles. The number of rotatable bonds is 0. The summed E-state index contributed by atoms with van der Waals surface area (Å²) in [7, 11) is 0.961. The Bertz CT molecular complexity index is 169. The molecular weight excluding hydrogens is 138 g/mol. The Morgan fingerprint density at radius 2 is 2.25 bits per heavy atom. The summed E-state index contributed by atoms with van der Waals surface area (Å²) in [6.45, 7) is 0. The number of nitrogens with zero attached hydrogens (tertiary/aromatic N) is 1. The summed E-state index contributed by atoms with van der Waals surface area (Å²) in [5, 5.41) is 0.819. The van der Waals surface area contributed by atoms with Gasteiger partial charge < -0.3 is 0 Å². The average Bonchev–Trinajstić information content (AvgIpc) is 1.77. The molecule has 0 saturated carbocycles. The lowest BCUT2D eigenvalue weighted by Gasteiger charge is -1.86. The van der Waals surface area contributed by atoms with Crippen LogP contribution >= 0.6 is 11.6 Å². The minimum absolute atomic E-state index is 0.819. The lowest BCUT2D eigenvalue weighted by molar-refractivity contribution is -0.519. The van der Waals surface area contributed by atoms with Crippen molar-refractivity contribution in [3.05, 3.63) is 29.5 Å². The largest absolute Gasteiger partial charge is 0.319 e. The van der Waals surface area contributed by atoms with Crippen molar-refractivity contribution in [2.75, 3.05) is 0 Å². The van der Waals surface area contributed by atoms with Crippen molar-refractivity contribution >= 4 is 22.0 Å². The Hall–Kier alpha value is -0.343. The van der Waals surface area contributed by atoms with Crippen molar-refractivity contribution in [3.63, 3.8) is 0 Å². The third kappa shape index (κ3) is 1.08. The minimum Gasteiger partial charge on any atom is -0.271 e. The van der Waals surface area contributed by atoms with Crippen LogP contribution < -0.4 is 4.23 Å². The van der Waals surface area contributed by atoms with Crippen molar-refractivity contribution in [2.45, 2.75) is 0 Å². The van der Waals surface area contributed by atoms with E-state index < -0.39 is 0 Å². The summed E-state index contributed by atoms with van der Waals surface area (Å²) < 4.78 is 1.99. The molecule has 0 amide bonds. The number of pyridine rings is 1. The van der Waals surface area contributed by atoms with E-state index in [1.54, 1.807) is 0 Å². The van der Waals surface area contributed by atoms with Gasteiger partial charge in [0.05, 0.1) is 0 Å². The molecule has 1 aromatic rings. The highest BCUT2D eigenvalue weighted by Gasteiger charge is 1.93. The topological polar surface area (TPSA) is 3.88 Å². The Labute approximate surface area is 56.4 Å². The van der Waals surface area contributed by atoms with Crippen molar-refractivity contribution in [1.82, 2.24) is 0 Å². The van der Waals surface area contributed by atoms with Crippen LogP contribution in [0.3, 0.4) is 0 Å². The number of aromatic nitrogens is 1. The molecule has 0 atom stereocenters. The number of hydrogen-bond donors (Lipinski definition) is 0. The van der Waals surface area contributed by atoms with E-state index in [1.807, 2.05) is 28.6 Å². The standard InChI is InChI=1S/C5H7ClNSi/c6-5-3-1-2-4-7(5)8/h1-4H,8H3/q+1. The highest BCUT2D eigenvalue weighted by molar-refractivity contribution is 6.29. The predicted molar refractivity (Wildman–Crippen MR) is 37.0 cm³/mol. The third-order valence-corrected chi connectivity index (χ3v) is 2.45. The molecule has 1 rings (SSSR count). The molecular formula is C5H7ClNSi+. The number of hydrogen-bond acceptors (Lipinski definition) is 0. The molecule has 3 heteroatoms. The van der Waals surface area contributed by atoms with Gasteiger partial charge >= 0.3 is 10.4 Å². The van der Waals surface area contributed by atoms with E-state index in [0.717, 1.165) is 15.6 Å². The highest BCUT2D eigenvalue weighted by Crippen LogP contribution is 1.95. The Balaban J connectivity index is 3.13. The van der Waals surface area contributed by atoms with Gasteiger partial charge in [0.1, 0.15) is 6.20 Å². The van der Waals surface area contributed by atoms with Crippen LogP contribution in [0.4, 0.5) is 0 Å². The third-order valence-electron chi connectivity index (χ3n) is 0.991. The van der Waals surface area contributed by atoms with E-state index in [4.69, 9.17) is 11.6 Å². The van der Waals surface area contributed by atoms with Gasteiger partial charge in [-0.25, -0.2) is 0 Å². The number of halogens is 1. The van der Waals surface area contributed by atoms with E-state index >= 15 is 0 Å². The smallest absolute Gasteiger partial charge is 0.271 e. The van der Waals surface area contributed by atoms with E-state index in [9.17, 15) is 0 Å². The van der Waals surface area contributed by atoms with Crippen LogP contribution in [0.25, 0.3) is 0 Å². The molecule has 1 nitrogen and oxygen atoms in total. The molecule has 0 saturated heterocycles. The first-order valence-corrected chi connectivity index (χ1v) is 3.68. The zero-order valence-electron chi connectivity index (χ0n) is 4.63. The van der Waals surface area contributed by atoms with Gasteiger partial charge in [-0.3, -0.25) is 4.23 Å². The van der Waals surface area contributed by atoms with Crippen molar-refractivity contribution in [3.8, 4) is 0 Å². The maximum atomic E-state index is 5.71. The van der Waals surface area contributed by atoms with Crippen LogP contribution in [0.1, 0.15) is 0 Å². The van der Waals surface area contributed by atoms with E-state index in [1.165, 1.54) is 0 Å². The fourth-order valence-electron chi connectivity index (χ4n) is 0.503. The molecule has 42 valence electrons. The highest BCUT2D eigenvalue weighted by atomic mass is 35.5. The fraction of sp³-hybridized carbons (Fsp3) is 0. The second-order valence-electron chi connectivity index (χ2n) is 1.63. The first-order valence-electron chi connectivity index (χ1n) is 2.41. The quantitative estimate of drug-likeness (QED) is 0.350. The molecule has 0 fully saturated rings. The molecule has 0 aliphatic heterocycles. The lowest BCUT2D eigenvalue weighted by atomic mass is 10.5. The minimum atomic E-state index is 0.819. The van der Waals surface area contributed by atoms with Crippen molar-refractivity contribution in [1.29, 1.82) is 0 Å². The maximum Gasteiger partial charge on any atom is 0.319 e. The van der Waals surface area contributed by atoms with Crippen LogP contribution in [-0.4, -0.2) is 10.4 Å². The average molecular weight is 145 g/mol. The lowest BCUT2D eigenvalue weighted by Crippen LogP contribution is -2.31. The van der Waals surface area contributed by atoms with Gasteiger partial charge in [-0.2, -0.15) is 0 Å². The van der Waals surface area contributed by atoms with Crippen molar-refractivity contribution < 1.29 is 4.23 Å². The summed E-state index contributed by atoms with van der Waals surface area (Å²) in [6, 6.07) is 5.78. The summed E-state index contributed by atoms with van der Waals surface area (Å²) in [5.41, 5.74) is 0. The Morgan fingerprint density at radius 1 is 1.50 bits per heavy atom. The second kappa shape index (κ2) is 2.28. The first-order chi connectivity index (χ1) is 3.80. The van der Waals surface area contributed by atoms with Gasteiger partial charge in [0, 0.05) is 12.1 Å². The predicted octanol–water partition coefficient (Wildman–Crippen LogP) is -0.244. The molecule has 8 heavy (non-hydrogen) atoms. The van der Waals surface area contributed by atoms with Gasteiger partial charge in [0.15, 0.2) is 0 Å². The molecule has 0 unspecified atom stereocenters.